The summed E-state index contributed by atoms with van der Waals surface area (Å²) in [5, 5.41) is 19.4. The molecule has 1 aliphatic carbocycles. The largest absolute Gasteiger partial charge is 0.480 e. The van der Waals surface area contributed by atoms with Crippen molar-refractivity contribution >= 4 is 17.7 Å². The zero-order chi connectivity index (χ0) is 21.2. The number of carbonyl (C=O) groups is 3. The fourth-order valence-electron chi connectivity index (χ4n) is 4.40. The van der Waals surface area contributed by atoms with Crippen molar-refractivity contribution in [1.29, 1.82) is 0 Å². The van der Waals surface area contributed by atoms with Crippen LogP contribution < -0.4 is 0 Å². The van der Waals surface area contributed by atoms with Crippen LogP contribution in [-0.2, 0) is 20.8 Å². The number of hydrogen-bond donors (Lipinski definition) is 2. The molecule has 0 saturated carbocycles. The number of likely N-dealkylation sites (tertiary alicyclic amines) is 1. The number of aliphatic carboxylic acids is 2. The fraction of sp³-hybridized carbons (Fsp3) is 0.409. The number of rotatable bonds is 6. The van der Waals surface area contributed by atoms with E-state index in [2.05, 4.69) is 0 Å². The van der Waals surface area contributed by atoms with E-state index >= 15 is 0 Å². The Hall–Kier alpha value is -2.80. The topological polar surface area (TPSA) is 94.9 Å². The molecule has 29 heavy (non-hydrogen) atoms. The summed E-state index contributed by atoms with van der Waals surface area (Å²) >= 11 is 0. The third-order valence-corrected chi connectivity index (χ3v) is 6.14. The average molecular weight is 401 g/mol. The van der Waals surface area contributed by atoms with Gasteiger partial charge in [-0.15, -0.1) is 0 Å². The van der Waals surface area contributed by atoms with Gasteiger partial charge in [-0.05, 0) is 24.5 Å². The highest BCUT2D eigenvalue weighted by Gasteiger charge is 2.51. The van der Waals surface area contributed by atoms with Gasteiger partial charge in [-0.25, -0.2) is 14.0 Å². The first-order chi connectivity index (χ1) is 13.8. The number of carboxylic acids is 2. The minimum atomic E-state index is -1.46. The van der Waals surface area contributed by atoms with Crippen molar-refractivity contribution in [1.82, 2.24) is 4.90 Å². The van der Waals surface area contributed by atoms with Gasteiger partial charge >= 0.3 is 11.9 Å². The molecular formula is C22H24FNO5. The Morgan fingerprint density at radius 3 is 2.41 bits per heavy atom. The van der Waals surface area contributed by atoms with Crippen LogP contribution in [0.3, 0.4) is 0 Å². The smallest absolute Gasteiger partial charge is 0.331 e. The zero-order valence-corrected chi connectivity index (χ0v) is 16.2. The lowest BCUT2D eigenvalue weighted by molar-refractivity contribution is -0.152. The summed E-state index contributed by atoms with van der Waals surface area (Å²) in [4.78, 5) is 38.1. The first-order valence-electron chi connectivity index (χ1n) is 9.64. The standard InChI is InChI=1S/C22H24FNO5/c1-14-17(20(26)27)6-4-10-22(14,21(28)29)24-11-8-15(9-12-24)19(25)13-16-5-2-3-7-18(16)23/h2-7,10,14-15H,8-9,11-13H2,1H3,(H,26,27)(H,28,29). The van der Waals surface area contributed by atoms with Crippen LogP contribution in [0.15, 0.2) is 48.1 Å². The van der Waals surface area contributed by atoms with E-state index in [0.717, 1.165) is 0 Å². The number of ketones is 1. The van der Waals surface area contributed by atoms with E-state index < -0.39 is 29.2 Å². The number of benzene rings is 1. The maximum atomic E-state index is 13.8. The van der Waals surface area contributed by atoms with Gasteiger partial charge in [0.1, 0.15) is 17.1 Å². The monoisotopic (exact) mass is 401 g/mol. The minimum absolute atomic E-state index is 0.0175. The number of hydrogen-bond acceptors (Lipinski definition) is 4. The summed E-state index contributed by atoms with van der Waals surface area (Å²) in [6, 6.07) is 6.18. The van der Waals surface area contributed by atoms with E-state index in [4.69, 9.17) is 0 Å². The van der Waals surface area contributed by atoms with E-state index in [1.54, 1.807) is 30.0 Å². The summed E-state index contributed by atoms with van der Waals surface area (Å²) in [5.41, 5.74) is -1.04. The number of allylic oxidation sites excluding steroid dienone is 2. The lowest BCUT2D eigenvalue weighted by Gasteiger charge is -2.46. The quantitative estimate of drug-likeness (QED) is 0.761. The molecule has 6 nitrogen and oxygen atoms in total. The minimum Gasteiger partial charge on any atom is -0.480 e. The van der Waals surface area contributed by atoms with Crippen molar-refractivity contribution in [3.63, 3.8) is 0 Å². The van der Waals surface area contributed by atoms with Crippen molar-refractivity contribution < 1.29 is 29.0 Å². The average Bonchev–Trinajstić information content (AvgIpc) is 2.69. The van der Waals surface area contributed by atoms with E-state index in [-0.39, 0.29) is 23.7 Å². The predicted octanol–water partition coefficient (Wildman–Crippen LogP) is 2.69. The molecule has 0 amide bonds. The van der Waals surface area contributed by atoms with E-state index in [0.29, 0.717) is 31.5 Å². The number of carbonyl (C=O) groups excluding carboxylic acids is 1. The van der Waals surface area contributed by atoms with Crippen LogP contribution in [0.4, 0.5) is 4.39 Å². The lowest BCUT2D eigenvalue weighted by Crippen LogP contribution is -2.61. The number of halogens is 1. The molecule has 1 aromatic carbocycles. The van der Waals surface area contributed by atoms with Crippen molar-refractivity contribution in [3.05, 3.63) is 59.4 Å². The SMILES string of the molecule is CC1C(C(=O)O)=CC=CC1(C(=O)O)N1CCC(C(=O)Cc2ccccc2F)CC1. The van der Waals surface area contributed by atoms with Crippen LogP contribution in [0.5, 0.6) is 0 Å². The van der Waals surface area contributed by atoms with Crippen LogP contribution in [0.25, 0.3) is 0 Å². The molecule has 1 aliphatic heterocycles. The first-order valence-corrected chi connectivity index (χ1v) is 9.64. The molecule has 2 unspecified atom stereocenters. The van der Waals surface area contributed by atoms with Gasteiger partial charge in [0.2, 0.25) is 0 Å². The number of nitrogens with zero attached hydrogens (tertiary/aromatic N) is 1. The summed E-state index contributed by atoms with van der Waals surface area (Å²) in [7, 11) is 0. The zero-order valence-electron chi connectivity index (χ0n) is 16.2. The molecule has 2 aliphatic rings. The van der Waals surface area contributed by atoms with E-state index in [9.17, 15) is 29.0 Å². The molecular weight excluding hydrogens is 377 g/mol. The highest BCUT2D eigenvalue weighted by Crippen LogP contribution is 2.38. The molecule has 1 saturated heterocycles. The Labute approximate surface area is 168 Å². The van der Waals surface area contributed by atoms with Crippen molar-refractivity contribution in [2.75, 3.05) is 13.1 Å². The molecule has 7 heteroatoms. The van der Waals surface area contributed by atoms with Crippen LogP contribution in [-0.4, -0.2) is 51.5 Å². The van der Waals surface area contributed by atoms with Crippen LogP contribution >= 0.6 is 0 Å². The van der Waals surface area contributed by atoms with Gasteiger partial charge in [0.25, 0.3) is 0 Å². The van der Waals surface area contributed by atoms with Crippen LogP contribution in [0.1, 0.15) is 25.3 Å². The number of piperidine rings is 1. The first kappa shape index (κ1) is 20.9. The molecule has 1 heterocycles. The molecule has 0 bridgehead atoms. The van der Waals surface area contributed by atoms with Gasteiger partial charge in [0.15, 0.2) is 0 Å². The highest BCUT2D eigenvalue weighted by molar-refractivity contribution is 5.93. The third kappa shape index (κ3) is 3.87. The Bertz CT molecular complexity index is 885. The van der Waals surface area contributed by atoms with Crippen LogP contribution in [0, 0.1) is 17.7 Å². The number of Topliss-reactive ketones (excluding diaryl/α,β-unsaturated/α-hetero) is 1. The molecule has 1 aromatic rings. The Morgan fingerprint density at radius 2 is 1.83 bits per heavy atom. The summed E-state index contributed by atoms with van der Waals surface area (Å²) in [6.45, 7) is 2.30. The summed E-state index contributed by atoms with van der Waals surface area (Å²) in [5.74, 6) is -3.72. The van der Waals surface area contributed by atoms with Gasteiger partial charge in [0.05, 0.1) is 0 Å². The third-order valence-electron chi connectivity index (χ3n) is 6.14. The molecule has 0 aromatic heterocycles. The molecule has 2 N–H and O–H groups in total. The van der Waals surface area contributed by atoms with E-state index in [1.807, 2.05) is 0 Å². The number of carboxylic acid groups (broad SMARTS) is 2. The fourth-order valence-corrected chi connectivity index (χ4v) is 4.40. The van der Waals surface area contributed by atoms with Crippen molar-refractivity contribution in [3.8, 4) is 0 Å². The molecule has 154 valence electrons. The molecule has 1 fully saturated rings. The van der Waals surface area contributed by atoms with Gasteiger partial charge in [-0.2, -0.15) is 0 Å². The van der Waals surface area contributed by atoms with E-state index in [1.165, 1.54) is 24.3 Å². The van der Waals surface area contributed by atoms with Gasteiger partial charge in [-0.3, -0.25) is 9.69 Å². The second-order valence-corrected chi connectivity index (χ2v) is 7.63. The Morgan fingerprint density at radius 1 is 1.17 bits per heavy atom. The maximum absolute atomic E-state index is 13.8. The normalized spacial score (nSPS) is 25.4. The maximum Gasteiger partial charge on any atom is 0.331 e. The lowest BCUT2D eigenvalue weighted by atomic mass is 9.74. The highest BCUT2D eigenvalue weighted by atomic mass is 19.1. The predicted molar refractivity (Wildman–Crippen MR) is 104 cm³/mol. The molecule has 0 spiro atoms. The Balaban J connectivity index is 1.72. The van der Waals surface area contributed by atoms with Crippen LogP contribution in [0.2, 0.25) is 0 Å². The molecule has 0 radical (unpaired) electrons. The second kappa shape index (κ2) is 8.29. The second-order valence-electron chi connectivity index (χ2n) is 7.63. The summed E-state index contributed by atoms with van der Waals surface area (Å²) in [6.07, 6.45) is 5.37. The Kier molecular flexibility index (Phi) is 5.98. The molecule has 2 atom stereocenters. The molecule has 3 rings (SSSR count). The van der Waals surface area contributed by atoms with Crippen molar-refractivity contribution in [2.45, 2.75) is 31.7 Å². The van der Waals surface area contributed by atoms with Gasteiger partial charge in [0, 0.05) is 36.9 Å². The van der Waals surface area contributed by atoms with Crippen molar-refractivity contribution in [2.24, 2.45) is 11.8 Å². The van der Waals surface area contributed by atoms with Gasteiger partial charge in [-0.1, -0.05) is 43.4 Å². The van der Waals surface area contributed by atoms with Gasteiger partial charge < -0.3 is 10.2 Å². The summed E-state index contributed by atoms with van der Waals surface area (Å²) < 4.78 is 13.8.